The van der Waals surface area contributed by atoms with E-state index in [9.17, 15) is 9.90 Å². The average Bonchev–Trinajstić information content (AvgIpc) is 2.77. The lowest BCUT2D eigenvalue weighted by atomic mass is 9.79. The fraction of sp³-hybridized carbons (Fsp3) is 0.750. The highest BCUT2D eigenvalue weighted by Crippen LogP contribution is 2.31. The van der Waals surface area contributed by atoms with Crippen LogP contribution >= 0.6 is 0 Å². The Balaban J connectivity index is 1.77. The molecule has 1 aromatic rings. The number of hydrogen-bond acceptors (Lipinski definition) is 5. The molecule has 0 unspecified atom stereocenters. The van der Waals surface area contributed by atoms with E-state index in [-0.39, 0.29) is 18.4 Å². The van der Waals surface area contributed by atoms with Crippen molar-refractivity contribution in [2.75, 3.05) is 12.3 Å². The van der Waals surface area contributed by atoms with Gasteiger partial charge in [0.2, 0.25) is 11.9 Å². The van der Waals surface area contributed by atoms with Crippen LogP contribution in [0.4, 0.5) is 5.95 Å². The number of aliphatic hydroxyl groups is 1. The number of anilines is 1. The molecule has 0 bridgehead atoms. The zero-order valence-corrected chi connectivity index (χ0v) is 11.2. The van der Waals surface area contributed by atoms with E-state index in [4.69, 9.17) is 5.73 Å². The summed E-state index contributed by atoms with van der Waals surface area (Å²) in [5.74, 6) is 0.610. The Morgan fingerprint density at radius 3 is 2.89 bits per heavy atom. The number of amides is 1. The third kappa shape index (κ3) is 3.92. The molecule has 7 nitrogen and oxygen atoms in total. The minimum atomic E-state index is -0.760. The third-order valence-electron chi connectivity index (χ3n) is 3.68. The maximum atomic E-state index is 11.7. The van der Waals surface area contributed by atoms with Crippen molar-refractivity contribution in [2.24, 2.45) is 5.92 Å². The van der Waals surface area contributed by atoms with Gasteiger partial charge in [0.1, 0.15) is 12.9 Å². The Morgan fingerprint density at radius 2 is 2.32 bits per heavy atom. The molecule has 0 radical (unpaired) electrons. The number of rotatable bonds is 4. The van der Waals surface area contributed by atoms with Crippen LogP contribution in [-0.2, 0) is 11.3 Å². The molecule has 1 aliphatic rings. The molecule has 1 amide bonds. The SMILES string of the molecule is CC1CCC(O)(CNC(=O)Cn2cnc(N)n2)CC1. The number of aromatic nitrogens is 3. The number of hydrogen-bond donors (Lipinski definition) is 3. The highest BCUT2D eigenvalue weighted by atomic mass is 16.3. The van der Waals surface area contributed by atoms with E-state index in [1.165, 1.54) is 11.0 Å². The monoisotopic (exact) mass is 267 g/mol. The number of nitrogens with one attached hydrogen (secondary N) is 1. The summed E-state index contributed by atoms with van der Waals surface area (Å²) in [5.41, 5.74) is 4.60. The maximum absolute atomic E-state index is 11.7. The van der Waals surface area contributed by atoms with E-state index in [1.54, 1.807) is 0 Å². The fourth-order valence-electron chi connectivity index (χ4n) is 2.33. The van der Waals surface area contributed by atoms with Gasteiger partial charge in [-0.2, -0.15) is 0 Å². The molecule has 0 spiro atoms. The van der Waals surface area contributed by atoms with E-state index in [2.05, 4.69) is 22.3 Å². The first-order chi connectivity index (χ1) is 8.97. The molecule has 1 aromatic heterocycles. The molecule has 106 valence electrons. The lowest BCUT2D eigenvalue weighted by Crippen LogP contribution is -2.45. The van der Waals surface area contributed by atoms with Crippen LogP contribution in [0.3, 0.4) is 0 Å². The third-order valence-corrected chi connectivity index (χ3v) is 3.68. The molecule has 1 heterocycles. The second-order valence-corrected chi connectivity index (χ2v) is 5.48. The largest absolute Gasteiger partial charge is 0.388 e. The van der Waals surface area contributed by atoms with Crippen LogP contribution in [0.5, 0.6) is 0 Å². The van der Waals surface area contributed by atoms with Crippen LogP contribution in [0.25, 0.3) is 0 Å². The first-order valence-corrected chi connectivity index (χ1v) is 6.61. The number of nitrogen functional groups attached to an aromatic ring is 1. The Kier molecular flexibility index (Phi) is 4.04. The van der Waals surface area contributed by atoms with Crippen LogP contribution in [-0.4, -0.2) is 37.9 Å². The van der Waals surface area contributed by atoms with Gasteiger partial charge in [-0.3, -0.25) is 4.79 Å². The Hall–Kier alpha value is -1.63. The average molecular weight is 267 g/mol. The summed E-state index contributed by atoms with van der Waals surface area (Å²) in [6.45, 7) is 2.55. The zero-order valence-electron chi connectivity index (χ0n) is 11.2. The van der Waals surface area contributed by atoms with Crippen LogP contribution in [0.2, 0.25) is 0 Å². The van der Waals surface area contributed by atoms with Crippen molar-refractivity contribution >= 4 is 11.9 Å². The van der Waals surface area contributed by atoms with Gasteiger partial charge >= 0.3 is 0 Å². The predicted octanol–water partition coefficient (Wildman–Crippen LogP) is -0.0823. The van der Waals surface area contributed by atoms with Gasteiger partial charge in [0.25, 0.3) is 0 Å². The van der Waals surface area contributed by atoms with Crippen molar-refractivity contribution in [1.82, 2.24) is 20.1 Å². The second kappa shape index (κ2) is 5.56. The summed E-state index contributed by atoms with van der Waals surface area (Å²) < 4.78 is 1.37. The van der Waals surface area contributed by atoms with Gasteiger partial charge in [-0.25, -0.2) is 9.67 Å². The number of nitrogens with two attached hydrogens (primary N) is 1. The highest BCUT2D eigenvalue weighted by Gasteiger charge is 2.31. The summed E-state index contributed by atoms with van der Waals surface area (Å²) in [6, 6.07) is 0. The smallest absolute Gasteiger partial charge is 0.241 e. The molecule has 0 saturated heterocycles. The Labute approximate surface area is 112 Å². The van der Waals surface area contributed by atoms with Gasteiger partial charge in [0, 0.05) is 6.54 Å². The molecule has 7 heteroatoms. The van der Waals surface area contributed by atoms with Gasteiger partial charge in [0.05, 0.1) is 5.60 Å². The molecule has 1 saturated carbocycles. The van der Waals surface area contributed by atoms with E-state index in [0.717, 1.165) is 25.7 Å². The first kappa shape index (κ1) is 13.8. The maximum Gasteiger partial charge on any atom is 0.241 e. The van der Waals surface area contributed by atoms with Gasteiger partial charge < -0.3 is 16.2 Å². The van der Waals surface area contributed by atoms with E-state index < -0.39 is 5.60 Å². The minimum absolute atomic E-state index is 0.0662. The quantitative estimate of drug-likeness (QED) is 0.707. The van der Waals surface area contributed by atoms with E-state index in [1.807, 2.05) is 0 Å². The topological polar surface area (TPSA) is 106 Å². The van der Waals surface area contributed by atoms with Crippen LogP contribution in [0.15, 0.2) is 6.33 Å². The van der Waals surface area contributed by atoms with Crippen LogP contribution in [0, 0.1) is 5.92 Å². The summed E-state index contributed by atoms with van der Waals surface area (Å²) in [4.78, 5) is 15.5. The summed E-state index contributed by atoms with van der Waals surface area (Å²) >= 11 is 0. The normalized spacial score (nSPS) is 27.2. The molecular formula is C12H21N5O2. The molecule has 2 rings (SSSR count). The fourth-order valence-corrected chi connectivity index (χ4v) is 2.33. The molecule has 0 aliphatic heterocycles. The van der Waals surface area contributed by atoms with Crippen molar-refractivity contribution in [3.63, 3.8) is 0 Å². The Morgan fingerprint density at radius 1 is 1.63 bits per heavy atom. The summed E-state index contributed by atoms with van der Waals surface area (Å²) in [6.07, 6.45) is 4.90. The van der Waals surface area contributed by atoms with Gasteiger partial charge in [-0.05, 0) is 31.6 Å². The van der Waals surface area contributed by atoms with Crippen molar-refractivity contribution in [1.29, 1.82) is 0 Å². The zero-order chi connectivity index (χ0) is 13.9. The van der Waals surface area contributed by atoms with E-state index in [0.29, 0.717) is 12.5 Å². The highest BCUT2D eigenvalue weighted by molar-refractivity contribution is 5.75. The van der Waals surface area contributed by atoms with Crippen LogP contribution in [0.1, 0.15) is 32.6 Å². The molecule has 1 aliphatic carbocycles. The van der Waals surface area contributed by atoms with Crippen molar-refractivity contribution in [3.05, 3.63) is 6.33 Å². The lowest BCUT2D eigenvalue weighted by molar-refractivity contribution is -0.123. The van der Waals surface area contributed by atoms with Crippen molar-refractivity contribution in [3.8, 4) is 0 Å². The van der Waals surface area contributed by atoms with Gasteiger partial charge in [0.15, 0.2) is 0 Å². The summed E-state index contributed by atoms with van der Waals surface area (Å²) in [5, 5.41) is 16.9. The molecule has 19 heavy (non-hydrogen) atoms. The lowest BCUT2D eigenvalue weighted by Gasteiger charge is -2.34. The number of carbonyl (C=O) groups is 1. The van der Waals surface area contributed by atoms with Crippen LogP contribution < -0.4 is 11.1 Å². The number of carbonyl (C=O) groups excluding carboxylic acids is 1. The van der Waals surface area contributed by atoms with Crippen molar-refractivity contribution < 1.29 is 9.90 Å². The molecule has 1 fully saturated rings. The first-order valence-electron chi connectivity index (χ1n) is 6.61. The van der Waals surface area contributed by atoms with Gasteiger partial charge in [-0.15, -0.1) is 5.10 Å². The Bertz CT molecular complexity index is 437. The summed E-state index contributed by atoms with van der Waals surface area (Å²) in [7, 11) is 0. The minimum Gasteiger partial charge on any atom is -0.388 e. The van der Waals surface area contributed by atoms with Gasteiger partial charge in [-0.1, -0.05) is 6.92 Å². The van der Waals surface area contributed by atoms with E-state index >= 15 is 0 Å². The molecule has 4 N–H and O–H groups in total. The molecule has 0 aromatic carbocycles. The number of nitrogens with zero attached hydrogens (tertiary/aromatic N) is 3. The standard InChI is InChI=1S/C12H21N5O2/c1-9-2-4-12(19,5-3-9)7-14-10(18)6-17-8-15-11(13)16-17/h8-9,19H,2-7H2,1H3,(H2,13,16)(H,14,18). The second-order valence-electron chi connectivity index (χ2n) is 5.48. The molecular weight excluding hydrogens is 246 g/mol. The predicted molar refractivity (Wildman–Crippen MR) is 70.0 cm³/mol. The molecule has 0 atom stereocenters. The van der Waals surface area contributed by atoms with Crippen molar-refractivity contribution in [2.45, 2.75) is 44.8 Å².